The number of hydrogen-bond acceptors (Lipinski definition) is 5. The predicted octanol–water partition coefficient (Wildman–Crippen LogP) is 5.74. The van der Waals surface area contributed by atoms with Crippen molar-refractivity contribution >= 4 is 22.6 Å². The number of imidazole rings is 1. The molecule has 43 heavy (non-hydrogen) atoms. The number of pyridine rings is 2. The smallest absolute Gasteiger partial charge is 0.254 e. The van der Waals surface area contributed by atoms with Crippen molar-refractivity contribution in [2.45, 2.75) is 76.5 Å². The van der Waals surface area contributed by atoms with Crippen LogP contribution in [-0.4, -0.2) is 55.0 Å². The Balaban J connectivity index is 1.22. The quantitative estimate of drug-likeness (QED) is 0.268. The van der Waals surface area contributed by atoms with Gasteiger partial charge in [0.05, 0.1) is 18.5 Å². The fourth-order valence-electron chi connectivity index (χ4n) is 7.83. The number of fused-ring (bicyclic) bond motifs is 4. The summed E-state index contributed by atoms with van der Waals surface area (Å²) in [5.41, 5.74) is 14.1. The summed E-state index contributed by atoms with van der Waals surface area (Å²) in [6.45, 7) is 5.11. The van der Waals surface area contributed by atoms with Gasteiger partial charge in [0.15, 0.2) is 5.88 Å². The Kier molecular flexibility index (Phi) is 6.12. The Morgan fingerprint density at radius 3 is 2.60 bits per heavy atom. The molecule has 8 heteroatoms. The topological polar surface area (TPSA) is 90.7 Å². The van der Waals surface area contributed by atoms with Gasteiger partial charge in [0.1, 0.15) is 17.0 Å². The summed E-state index contributed by atoms with van der Waals surface area (Å²) in [5.74, 6) is 1.73. The summed E-state index contributed by atoms with van der Waals surface area (Å²) < 4.78 is 10.3. The van der Waals surface area contributed by atoms with E-state index in [9.17, 15) is 4.79 Å². The summed E-state index contributed by atoms with van der Waals surface area (Å²) in [6.07, 6.45) is 4.95. The van der Waals surface area contributed by atoms with E-state index in [0.29, 0.717) is 28.9 Å². The third-order valence-electron chi connectivity index (χ3n) is 10.2. The van der Waals surface area contributed by atoms with Crippen molar-refractivity contribution in [1.29, 1.82) is 0 Å². The van der Waals surface area contributed by atoms with E-state index in [1.54, 1.807) is 7.11 Å². The molecule has 0 unspecified atom stereocenters. The lowest BCUT2D eigenvalue weighted by molar-refractivity contribution is 0.0726. The molecular formula is C35H38N6O2. The maximum absolute atomic E-state index is 13.8. The molecule has 1 aliphatic carbocycles. The normalized spacial score (nSPS) is 24.4. The molecule has 6 heterocycles. The maximum Gasteiger partial charge on any atom is 0.254 e. The standard InChI is InChI=1S/C35H38N6O2/c1-4-25-11-10-22-15-30(39(34(22)37-25)19-24-14-27(24)21-8-6-5-7-9-21)33-20(2)40-31(38-33)16-23(17-32(40)43-3)35(42)41-26-12-13-29(41)28(36)18-26/h5-11,15-17,24,26-29H,4,12-14,18-19,36H2,1-3H3/t24-,26-,27-,28+,29+/m0/s1. The van der Waals surface area contributed by atoms with E-state index in [0.717, 1.165) is 66.0 Å². The summed E-state index contributed by atoms with van der Waals surface area (Å²) in [5, 5.41) is 1.12. The van der Waals surface area contributed by atoms with Gasteiger partial charge in [0.2, 0.25) is 0 Å². The lowest BCUT2D eigenvalue weighted by atomic mass is 9.97. The lowest BCUT2D eigenvalue weighted by Gasteiger charge is -2.23. The SMILES string of the molecule is CCc1ccc2cc(-c3nc4cc(C(=O)N5[C@H]6CC[C@@H]5[C@H](N)C6)cc(OC)n4c3C)n(C[C@@H]3C[C@H]3c3ccccc3)c2n1. The lowest BCUT2D eigenvalue weighted by Crippen LogP contribution is -2.40. The van der Waals surface area contributed by atoms with Gasteiger partial charge in [-0.2, -0.15) is 0 Å². The number of benzene rings is 1. The largest absolute Gasteiger partial charge is 0.482 e. The van der Waals surface area contributed by atoms with Crippen LogP contribution in [0, 0.1) is 12.8 Å². The first-order chi connectivity index (χ1) is 20.9. The molecule has 2 aliphatic heterocycles. The Morgan fingerprint density at radius 2 is 1.88 bits per heavy atom. The first-order valence-electron chi connectivity index (χ1n) is 15.6. The number of nitrogens with zero attached hydrogens (tertiary/aromatic N) is 5. The van der Waals surface area contributed by atoms with E-state index in [2.05, 4.69) is 66.9 Å². The second kappa shape index (κ2) is 9.95. The predicted molar refractivity (Wildman–Crippen MR) is 167 cm³/mol. The summed E-state index contributed by atoms with van der Waals surface area (Å²) in [7, 11) is 1.65. The number of methoxy groups -OCH3 is 1. The van der Waals surface area contributed by atoms with Crippen molar-refractivity contribution in [1.82, 2.24) is 23.8 Å². The second-order valence-corrected chi connectivity index (χ2v) is 12.7. The summed E-state index contributed by atoms with van der Waals surface area (Å²) >= 11 is 0. The molecule has 1 aromatic carbocycles. The molecular weight excluding hydrogens is 536 g/mol. The van der Waals surface area contributed by atoms with Gasteiger partial charge in [-0.3, -0.25) is 9.20 Å². The Labute approximate surface area is 251 Å². The van der Waals surface area contributed by atoms with E-state index < -0.39 is 0 Å². The van der Waals surface area contributed by atoms with Crippen molar-refractivity contribution in [3.8, 4) is 17.3 Å². The van der Waals surface area contributed by atoms with Crippen LogP contribution in [0.1, 0.15) is 65.8 Å². The van der Waals surface area contributed by atoms with Crippen LogP contribution in [-0.2, 0) is 13.0 Å². The average Bonchev–Trinajstić information content (AvgIpc) is 3.25. The summed E-state index contributed by atoms with van der Waals surface area (Å²) in [6, 6.07) is 21.5. The zero-order chi connectivity index (χ0) is 29.4. The van der Waals surface area contributed by atoms with Crippen molar-refractivity contribution in [3.05, 3.63) is 83.2 Å². The van der Waals surface area contributed by atoms with Gasteiger partial charge in [0, 0.05) is 47.4 Å². The molecule has 2 saturated heterocycles. The molecule has 2 N–H and O–H groups in total. The van der Waals surface area contributed by atoms with Crippen LogP contribution < -0.4 is 10.5 Å². The molecule has 2 bridgehead atoms. The fraction of sp³-hybridized carbons (Fsp3) is 0.400. The van der Waals surface area contributed by atoms with Gasteiger partial charge < -0.3 is 19.9 Å². The van der Waals surface area contributed by atoms with E-state index >= 15 is 0 Å². The van der Waals surface area contributed by atoms with E-state index in [-0.39, 0.29) is 24.0 Å². The van der Waals surface area contributed by atoms with Crippen molar-refractivity contribution in [2.24, 2.45) is 11.7 Å². The van der Waals surface area contributed by atoms with Gasteiger partial charge in [-0.1, -0.05) is 37.3 Å². The summed E-state index contributed by atoms with van der Waals surface area (Å²) in [4.78, 5) is 26.1. The molecule has 8 nitrogen and oxygen atoms in total. The number of ether oxygens (including phenoxy) is 1. The van der Waals surface area contributed by atoms with E-state index in [4.69, 9.17) is 20.4 Å². The van der Waals surface area contributed by atoms with Crippen molar-refractivity contribution < 1.29 is 9.53 Å². The van der Waals surface area contributed by atoms with Crippen LogP contribution in [0.25, 0.3) is 28.1 Å². The first-order valence-corrected chi connectivity index (χ1v) is 15.6. The molecule has 5 atom stereocenters. The molecule has 3 aliphatic rings. The van der Waals surface area contributed by atoms with E-state index in [1.807, 2.05) is 21.4 Å². The monoisotopic (exact) mass is 574 g/mol. The number of hydrogen-bond donors (Lipinski definition) is 1. The number of amides is 1. The fourth-order valence-corrected chi connectivity index (χ4v) is 7.83. The number of aromatic nitrogens is 4. The Hall–Kier alpha value is -4.17. The highest BCUT2D eigenvalue weighted by molar-refractivity contribution is 5.96. The zero-order valence-corrected chi connectivity index (χ0v) is 25.0. The molecule has 1 amide bonds. The highest BCUT2D eigenvalue weighted by atomic mass is 16.5. The number of carbonyl (C=O) groups is 1. The van der Waals surface area contributed by atoms with Crippen LogP contribution in [0.4, 0.5) is 0 Å². The highest BCUT2D eigenvalue weighted by Gasteiger charge is 2.47. The molecule has 4 aromatic heterocycles. The second-order valence-electron chi connectivity index (χ2n) is 12.7. The van der Waals surface area contributed by atoms with Gasteiger partial charge in [0.25, 0.3) is 5.91 Å². The minimum atomic E-state index is 0.0227. The molecule has 0 spiro atoms. The molecule has 8 rings (SSSR count). The third-order valence-corrected chi connectivity index (χ3v) is 10.2. The molecule has 1 saturated carbocycles. The average molecular weight is 575 g/mol. The van der Waals surface area contributed by atoms with Gasteiger partial charge in [-0.25, -0.2) is 9.97 Å². The molecule has 5 aromatic rings. The maximum atomic E-state index is 13.8. The van der Waals surface area contributed by atoms with Crippen LogP contribution in [0.5, 0.6) is 5.88 Å². The minimum absolute atomic E-state index is 0.0227. The highest BCUT2D eigenvalue weighted by Crippen LogP contribution is 2.49. The Morgan fingerprint density at radius 1 is 1.05 bits per heavy atom. The Bertz CT molecular complexity index is 1870. The molecule has 0 radical (unpaired) electrons. The number of nitrogens with two attached hydrogens (primary N) is 1. The van der Waals surface area contributed by atoms with Crippen LogP contribution in [0.3, 0.4) is 0 Å². The molecule has 3 fully saturated rings. The van der Waals surface area contributed by atoms with Gasteiger partial charge in [-0.15, -0.1) is 0 Å². The number of rotatable bonds is 7. The van der Waals surface area contributed by atoms with Gasteiger partial charge in [-0.05, 0) is 80.7 Å². The van der Waals surface area contributed by atoms with Crippen LogP contribution in [0.15, 0.2) is 60.7 Å². The minimum Gasteiger partial charge on any atom is -0.482 e. The van der Waals surface area contributed by atoms with Crippen molar-refractivity contribution in [2.75, 3.05) is 7.11 Å². The zero-order valence-electron chi connectivity index (χ0n) is 25.0. The van der Waals surface area contributed by atoms with E-state index in [1.165, 1.54) is 12.0 Å². The molecule has 220 valence electrons. The van der Waals surface area contributed by atoms with Crippen LogP contribution >= 0.6 is 0 Å². The van der Waals surface area contributed by atoms with Crippen molar-refractivity contribution in [3.63, 3.8) is 0 Å². The number of aryl methyl sites for hydroxylation is 2. The first kappa shape index (κ1) is 26.5. The number of carbonyl (C=O) groups excluding carboxylic acids is 1. The van der Waals surface area contributed by atoms with Gasteiger partial charge >= 0.3 is 0 Å². The third kappa shape index (κ3) is 4.18. The van der Waals surface area contributed by atoms with Crippen LogP contribution in [0.2, 0.25) is 0 Å².